The summed E-state index contributed by atoms with van der Waals surface area (Å²) in [7, 11) is 0. The molecule has 0 unspecified atom stereocenters. The van der Waals surface area contributed by atoms with Gasteiger partial charge in [-0.3, -0.25) is 10.1 Å². The van der Waals surface area contributed by atoms with Gasteiger partial charge in [0.05, 0.1) is 6.20 Å². The van der Waals surface area contributed by atoms with Crippen molar-refractivity contribution in [2.45, 2.75) is 39.3 Å². The molecular formula is C21H22N8O2. The van der Waals surface area contributed by atoms with E-state index in [9.17, 15) is 9.59 Å². The molecule has 1 aliphatic heterocycles. The second kappa shape index (κ2) is 7.38. The Morgan fingerprint density at radius 1 is 1.16 bits per heavy atom. The first-order valence-electron chi connectivity index (χ1n) is 10.1. The number of carbonyl (C=O) groups is 2. The summed E-state index contributed by atoms with van der Waals surface area (Å²) in [4.78, 5) is 32.5. The highest BCUT2D eigenvalue weighted by molar-refractivity contribution is 6.14. The summed E-state index contributed by atoms with van der Waals surface area (Å²) >= 11 is 0. The van der Waals surface area contributed by atoms with Gasteiger partial charge in [0, 0.05) is 18.2 Å². The van der Waals surface area contributed by atoms with Gasteiger partial charge in [-0.2, -0.15) is 19.6 Å². The molecule has 2 aromatic heterocycles. The summed E-state index contributed by atoms with van der Waals surface area (Å²) in [5.41, 5.74) is 4.89. The molecule has 1 saturated heterocycles. The molecule has 10 nitrogen and oxygen atoms in total. The van der Waals surface area contributed by atoms with Crippen LogP contribution < -0.4 is 21.3 Å². The van der Waals surface area contributed by atoms with Crippen LogP contribution in [-0.4, -0.2) is 37.6 Å². The van der Waals surface area contributed by atoms with Crippen molar-refractivity contribution in [2.24, 2.45) is 0 Å². The number of nitrogens with one attached hydrogen (secondary N) is 4. The second-order valence-corrected chi connectivity index (χ2v) is 7.86. The summed E-state index contributed by atoms with van der Waals surface area (Å²) in [5.74, 6) is 0.552. The highest BCUT2D eigenvalue weighted by atomic mass is 16.2. The number of amides is 3. The van der Waals surface area contributed by atoms with E-state index in [1.165, 1.54) is 11.1 Å². The van der Waals surface area contributed by atoms with E-state index in [4.69, 9.17) is 0 Å². The molecule has 3 heterocycles. The van der Waals surface area contributed by atoms with Crippen LogP contribution in [0.2, 0.25) is 0 Å². The molecule has 0 bridgehead atoms. The van der Waals surface area contributed by atoms with E-state index >= 15 is 0 Å². The predicted molar refractivity (Wildman–Crippen MR) is 115 cm³/mol. The molecule has 158 valence electrons. The van der Waals surface area contributed by atoms with Gasteiger partial charge < -0.3 is 16.0 Å². The summed E-state index contributed by atoms with van der Waals surface area (Å²) in [6, 6.07) is 6.14. The zero-order valence-electron chi connectivity index (χ0n) is 17.2. The third-order valence-electron chi connectivity index (χ3n) is 5.35. The molecule has 1 aromatic carbocycles. The predicted octanol–water partition coefficient (Wildman–Crippen LogP) is 2.11. The summed E-state index contributed by atoms with van der Waals surface area (Å²) in [6.07, 6.45) is 5.33. The Hall–Kier alpha value is -3.95. The highest BCUT2D eigenvalue weighted by Crippen LogP contribution is 2.26. The maximum Gasteiger partial charge on any atom is 0.326 e. The average molecular weight is 418 g/mol. The first-order valence-corrected chi connectivity index (χ1v) is 10.1. The summed E-state index contributed by atoms with van der Waals surface area (Å²) in [6.45, 7) is 4.74. The van der Waals surface area contributed by atoms with Crippen LogP contribution in [0, 0.1) is 13.8 Å². The Bertz CT molecular complexity index is 1240. The Morgan fingerprint density at radius 2 is 2.00 bits per heavy atom. The SMILES string of the molecule is Cc1ccc(CNc2nc(NC3CC3)n3ncc(/C=C4\NC(=O)NC4=O)c3n2)cc1C. The number of fused-ring (bicyclic) bond motifs is 1. The Morgan fingerprint density at radius 3 is 2.71 bits per heavy atom. The molecule has 31 heavy (non-hydrogen) atoms. The molecule has 3 aromatic rings. The lowest BCUT2D eigenvalue weighted by atomic mass is 10.1. The standard InChI is InChI=1S/C21H22N8O2/c1-11-3-4-13(7-12(11)2)9-22-19-26-17-14(8-16-18(30)27-21(31)25-16)10-23-29(17)20(28-19)24-15-5-6-15/h3-4,7-8,10,15H,5-6,9H2,1-2H3,(H2,22,24,26,28)(H2,25,27,30,31)/b16-8-. The highest BCUT2D eigenvalue weighted by Gasteiger charge is 2.25. The van der Waals surface area contributed by atoms with Crippen LogP contribution in [-0.2, 0) is 11.3 Å². The van der Waals surface area contributed by atoms with E-state index in [0.717, 1.165) is 18.4 Å². The van der Waals surface area contributed by atoms with Gasteiger partial charge in [-0.1, -0.05) is 18.2 Å². The van der Waals surface area contributed by atoms with Crippen molar-refractivity contribution in [1.82, 2.24) is 30.2 Å². The van der Waals surface area contributed by atoms with Crippen molar-refractivity contribution < 1.29 is 9.59 Å². The number of hydrogen-bond acceptors (Lipinski definition) is 7. The summed E-state index contributed by atoms with van der Waals surface area (Å²) < 4.78 is 1.61. The van der Waals surface area contributed by atoms with Crippen molar-refractivity contribution >= 4 is 35.6 Å². The number of benzene rings is 1. The lowest BCUT2D eigenvalue weighted by Gasteiger charge is -2.11. The number of carbonyl (C=O) groups excluding carboxylic acids is 2. The van der Waals surface area contributed by atoms with Crippen LogP contribution in [0.1, 0.15) is 35.1 Å². The monoisotopic (exact) mass is 418 g/mol. The van der Waals surface area contributed by atoms with Crippen molar-refractivity contribution in [3.8, 4) is 0 Å². The van der Waals surface area contributed by atoms with Crippen molar-refractivity contribution in [3.05, 3.63) is 52.3 Å². The van der Waals surface area contributed by atoms with E-state index in [1.54, 1.807) is 16.8 Å². The average Bonchev–Trinajstić information content (AvgIpc) is 3.37. The van der Waals surface area contributed by atoms with Gasteiger partial charge in [-0.05, 0) is 49.5 Å². The number of urea groups is 1. The lowest BCUT2D eigenvalue weighted by molar-refractivity contribution is -0.115. The number of imide groups is 1. The molecule has 0 spiro atoms. The molecule has 4 N–H and O–H groups in total. The van der Waals surface area contributed by atoms with E-state index in [-0.39, 0.29) is 5.70 Å². The van der Waals surface area contributed by atoms with Crippen molar-refractivity contribution in [2.75, 3.05) is 10.6 Å². The van der Waals surface area contributed by atoms with Crippen LogP contribution in [0.4, 0.5) is 16.7 Å². The molecule has 0 atom stereocenters. The summed E-state index contributed by atoms with van der Waals surface area (Å²) in [5, 5.41) is 15.7. The molecule has 3 amide bonds. The van der Waals surface area contributed by atoms with Crippen LogP contribution in [0.15, 0.2) is 30.1 Å². The molecule has 0 radical (unpaired) electrons. The largest absolute Gasteiger partial charge is 0.351 e. The normalized spacial score (nSPS) is 17.2. The van der Waals surface area contributed by atoms with Crippen molar-refractivity contribution in [1.29, 1.82) is 0 Å². The number of anilines is 2. The Labute approximate surface area is 178 Å². The first kappa shape index (κ1) is 19.0. The molecule has 1 aliphatic carbocycles. The van der Waals surface area contributed by atoms with Gasteiger partial charge in [-0.25, -0.2) is 4.79 Å². The molecule has 2 aliphatic rings. The van der Waals surface area contributed by atoms with Gasteiger partial charge in [-0.15, -0.1) is 0 Å². The van der Waals surface area contributed by atoms with Crippen LogP contribution in [0.3, 0.4) is 0 Å². The number of hydrogen-bond donors (Lipinski definition) is 4. The third kappa shape index (κ3) is 3.91. The zero-order valence-corrected chi connectivity index (χ0v) is 17.2. The van der Waals surface area contributed by atoms with E-state index in [2.05, 4.69) is 68.4 Å². The fourth-order valence-electron chi connectivity index (χ4n) is 3.31. The van der Waals surface area contributed by atoms with Gasteiger partial charge in [0.25, 0.3) is 5.91 Å². The molecule has 2 fully saturated rings. The van der Waals surface area contributed by atoms with Gasteiger partial charge in [0.1, 0.15) is 5.70 Å². The number of nitrogens with zero attached hydrogens (tertiary/aromatic N) is 4. The van der Waals surface area contributed by atoms with Gasteiger partial charge in [0.2, 0.25) is 11.9 Å². The van der Waals surface area contributed by atoms with Crippen LogP contribution >= 0.6 is 0 Å². The van der Waals surface area contributed by atoms with Crippen LogP contribution in [0.5, 0.6) is 0 Å². The topological polar surface area (TPSA) is 125 Å². The number of aromatic nitrogens is 4. The maximum absolute atomic E-state index is 11.9. The minimum Gasteiger partial charge on any atom is -0.351 e. The number of rotatable bonds is 6. The van der Waals surface area contributed by atoms with Gasteiger partial charge >= 0.3 is 6.03 Å². The maximum atomic E-state index is 11.9. The van der Waals surface area contributed by atoms with E-state index < -0.39 is 11.9 Å². The van der Waals surface area contributed by atoms with Crippen molar-refractivity contribution in [3.63, 3.8) is 0 Å². The minimum absolute atomic E-state index is 0.153. The number of aryl methyl sites for hydroxylation is 2. The fraction of sp³-hybridized carbons (Fsp3) is 0.286. The molecular weight excluding hydrogens is 396 g/mol. The first-order chi connectivity index (χ1) is 15.0. The smallest absolute Gasteiger partial charge is 0.326 e. The van der Waals surface area contributed by atoms with E-state index in [0.29, 0.717) is 35.7 Å². The molecule has 10 heteroatoms. The molecule has 1 saturated carbocycles. The third-order valence-corrected chi connectivity index (χ3v) is 5.35. The fourth-order valence-corrected chi connectivity index (χ4v) is 3.31. The Balaban J connectivity index is 1.48. The lowest BCUT2D eigenvalue weighted by Crippen LogP contribution is -2.22. The minimum atomic E-state index is -0.547. The van der Waals surface area contributed by atoms with Crippen LogP contribution in [0.25, 0.3) is 11.7 Å². The zero-order chi connectivity index (χ0) is 21.5. The van der Waals surface area contributed by atoms with Gasteiger partial charge in [0.15, 0.2) is 5.65 Å². The quantitative estimate of drug-likeness (QED) is 0.357. The van der Waals surface area contributed by atoms with E-state index in [1.807, 2.05) is 0 Å². The molecule has 5 rings (SSSR count). The second-order valence-electron chi connectivity index (χ2n) is 7.86. The Kier molecular flexibility index (Phi) is 4.54.